The van der Waals surface area contributed by atoms with Gasteiger partial charge in [-0.05, 0) is 18.2 Å². The highest BCUT2D eigenvalue weighted by molar-refractivity contribution is 8.00. The van der Waals surface area contributed by atoms with Crippen LogP contribution in [0.3, 0.4) is 0 Å². The minimum Gasteiger partial charge on any atom is -0.397 e. The average molecular weight is 363 g/mol. The summed E-state index contributed by atoms with van der Waals surface area (Å²) in [6.07, 6.45) is 3.15. The van der Waals surface area contributed by atoms with E-state index in [4.69, 9.17) is 40.5 Å². The summed E-state index contributed by atoms with van der Waals surface area (Å²) in [5.41, 5.74) is 6.62. The fraction of sp³-hybridized carbons (Fsp3) is 0.0769. The summed E-state index contributed by atoms with van der Waals surface area (Å²) in [4.78, 5) is 16.6. The Bertz CT molecular complexity index is 658. The summed E-state index contributed by atoms with van der Waals surface area (Å²) in [5.74, 6) is -0.0777. The number of nitrogens with one attached hydrogen (secondary N) is 1. The number of hydrogen-bond donors (Lipinski definition) is 2. The van der Waals surface area contributed by atoms with Crippen LogP contribution in [0.2, 0.25) is 15.1 Å². The molecule has 0 bridgehead atoms. The van der Waals surface area contributed by atoms with Crippen LogP contribution in [0.15, 0.2) is 35.5 Å². The lowest BCUT2D eigenvalue weighted by molar-refractivity contribution is -0.113. The predicted octanol–water partition coefficient (Wildman–Crippen LogP) is 4.35. The number of anilines is 2. The molecular formula is C13H10Cl3N3OS. The molecular weight excluding hydrogens is 353 g/mol. The Morgan fingerprint density at radius 1 is 1.29 bits per heavy atom. The van der Waals surface area contributed by atoms with Gasteiger partial charge in [-0.15, -0.1) is 11.8 Å². The fourth-order valence-corrected chi connectivity index (χ4v) is 3.15. The van der Waals surface area contributed by atoms with Crippen LogP contribution < -0.4 is 11.1 Å². The first-order valence-corrected chi connectivity index (χ1v) is 7.86. The van der Waals surface area contributed by atoms with Crippen molar-refractivity contribution in [3.63, 3.8) is 0 Å². The number of pyridine rings is 1. The number of carbonyl (C=O) groups excluding carboxylic acids is 1. The molecule has 8 heteroatoms. The molecule has 0 unspecified atom stereocenters. The van der Waals surface area contributed by atoms with Crippen LogP contribution in [-0.2, 0) is 4.79 Å². The number of thioether (sulfide) groups is 1. The highest BCUT2D eigenvalue weighted by atomic mass is 35.5. The summed E-state index contributed by atoms with van der Waals surface area (Å²) < 4.78 is 0. The highest BCUT2D eigenvalue weighted by Crippen LogP contribution is 2.34. The van der Waals surface area contributed by atoms with Crippen molar-refractivity contribution in [1.82, 2.24) is 4.98 Å². The first-order chi connectivity index (χ1) is 9.97. The Labute approximate surface area is 141 Å². The smallest absolute Gasteiger partial charge is 0.234 e. The molecule has 0 radical (unpaired) electrons. The van der Waals surface area contributed by atoms with Gasteiger partial charge in [0.2, 0.25) is 5.91 Å². The van der Waals surface area contributed by atoms with Gasteiger partial charge >= 0.3 is 0 Å². The molecule has 21 heavy (non-hydrogen) atoms. The molecule has 0 aliphatic carbocycles. The number of rotatable bonds is 4. The van der Waals surface area contributed by atoms with Crippen LogP contribution in [0, 0.1) is 0 Å². The Morgan fingerprint density at radius 3 is 2.57 bits per heavy atom. The number of carbonyl (C=O) groups is 1. The molecule has 0 aliphatic rings. The third-order valence-corrected chi connectivity index (χ3v) is 4.34. The lowest BCUT2D eigenvalue weighted by atomic mass is 10.3. The third kappa shape index (κ3) is 4.41. The summed E-state index contributed by atoms with van der Waals surface area (Å²) >= 11 is 19.1. The van der Waals surface area contributed by atoms with Gasteiger partial charge in [-0.2, -0.15) is 0 Å². The SMILES string of the molecule is Nc1cnccc1SCC(=O)Nc1c(Cl)cc(Cl)cc1Cl. The van der Waals surface area contributed by atoms with Gasteiger partial charge in [-0.3, -0.25) is 9.78 Å². The zero-order valence-electron chi connectivity index (χ0n) is 10.6. The number of nitrogens with two attached hydrogens (primary N) is 1. The second-order valence-electron chi connectivity index (χ2n) is 3.99. The number of hydrogen-bond acceptors (Lipinski definition) is 4. The Morgan fingerprint density at radius 2 is 1.95 bits per heavy atom. The number of nitrogen functional groups attached to an aromatic ring is 1. The second kappa shape index (κ2) is 7.22. The van der Waals surface area contributed by atoms with Gasteiger partial charge in [0.15, 0.2) is 0 Å². The number of halogens is 3. The van der Waals surface area contributed by atoms with E-state index in [1.165, 1.54) is 30.1 Å². The number of amides is 1. The van der Waals surface area contributed by atoms with Crippen molar-refractivity contribution in [2.24, 2.45) is 0 Å². The summed E-state index contributed by atoms with van der Waals surface area (Å²) in [6.45, 7) is 0. The average Bonchev–Trinajstić information content (AvgIpc) is 2.42. The van der Waals surface area contributed by atoms with Gasteiger partial charge in [0, 0.05) is 16.1 Å². The van der Waals surface area contributed by atoms with Crippen molar-refractivity contribution < 1.29 is 4.79 Å². The monoisotopic (exact) mass is 361 g/mol. The van der Waals surface area contributed by atoms with Crippen LogP contribution in [0.1, 0.15) is 0 Å². The van der Waals surface area contributed by atoms with E-state index in [0.29, 0.717) is 16.4 Å². The number of aromatic nitrogens is 1. The Kier molecular flexibility index (Phi) is 5.58. The van der Waals surface area contributed by atoms with E-state index in [0.717, 1.165) is 4.90 Å². The van der Waals surface area contributed by atoms with Crippen molar-refractivity contribution >= 4 is 63.8 Å². The van der Waals surface area contributed by atoms with E-state index in [9.17, 15) is 4.79 Å². The van der Waals surface area contributed by atoms with E-state index in [-0.39, 0.29) is 21.7 Å². The Balaban J connectivity index is 2.01. The Hall–Kier alpha value is -1.14. The molecule has 1 amide bonds. The van der Waals surface area contributed by atoms with Crippen molar-refractivity contribution in [3.05, 3.63) is 45.7 Å². The summed E-state index contributed by atoms with van der Waals surface area (Å²) in [6, 6.07) is 4.77. The number of nitrogens with zero attached hydrogens (tertiary/aromatic N) is 1. The third-order valence-electron chi connectivity index (χ3n) is 2.44. The maximum atomic E-state index is 11.9. The summed E-state index contributed by atoms with van der Waals surface area (Å²) in [5, 5.41) is 3.63. The first-order valence-electron chi connectivity index (χ1n) is 5.74. The van der Waals surface area contributed by atoms with E-state index in [1.807, 2.05) is 0 Å². The van der Waals surface area contributed by atoms with E-state index in [1.54, 1.807) is 12.3 Å². The van der Waals surface area contributed by atoms with Gasteiger partial charge < -0.3 is 11.1 Å². The molecule has 1 heterocycles. The van der Waals surface area contributed by atoms with Crippen LogP contribution in [0.4, 0.5) is 11.4 Å². The van der Waals surface area contributed by atoms with Gasteiger partial charge in [0.25, 0.3) is 0 Å². The molecule has 0 aliphatic heterocycles. The fourth-order valence-electron chi connectivity index (χ4n) is 1.51. The van der Waals surface area contributed by atoms with Gasteiger partial charge in [-0.1, -0.05) is 34.8 Å². The van der Waals surface area contributed by atoms with Crippen molar-refractivity contribution in [2.75, 3.05) is 16.8 Å². The van der Waals surface area contributed by atoms with E-state index < -0.39 is 0 Å². The zero-order valence-corrected chi connectivity index (χ0v) is 13.7. The molecule has 3 N–H and O–H groups in total. The molecule has 110 valence electrons. The van der Waals surface area contributed by atoms with Crippen molar-refractivity contribution in [3.8, 4) is 0 Å². The van der Waals surface area contributed by atoms with Crippen LogP contribution >= 0.6 is 46.6 Å². The van der Waals surface area contributed by atoms with E-state index >= 15 is 0 Å². The molecule has 2 rings (SSSR count). The molecule has 2 aromatic rings. The number of benzene rings is 1. The molecule has 4 nitrogen and oxygen atoms in total. The van der Waals surface area contributed by atoms with Crippen LogP contribution in [0.5, 0.6) is 0 Å². The molecule has 0 atom stereocenters. The summed E-state index contributed by atoms with van der Waals surface area (Å²) in [7, 11) is 0. The van der Waals surface area contributed by atoms with Crippen molar-refractivity contribution in [2.45, 2.75) is 4.90 Å². The van der Waals surface area contributed by atoms with Crippen LogP contribution in [0.25, 0.3) is 0 Å². The van der Waals surface area contributed by atoms with Gasteiger partial charge in [0.1, 0.15) is 0 Å². The topological polar surface area (TPSA) is 68.0 Å². The molecule has 0 saturated carbocycles. The molecule has 0 fully saturated rings. The maximum Gasteiger partial charge on any atom is 0.234 e. The normalized spacial score (nSPS) is 10.4. The largest absolute Gasteiger partial charge is 0.397 e. The lowest BCUT2D eigenvalue weighted by Gasteiger charge is -2.10. The maximum absolute atomic E-state index is 11.9. The molecule has 1 aromatic carbocycles. The molecule has 1 aromatic heterocycles. The standard InChI is InChI=1S/C13H10Cl3N3OS/c14-7-3-8(15)13(9(16)4-7)19-12(20)6-21-11-1-2-18-5-10(11)17/h1-5H,6,17H2,(H,19,20). The van der Waals surface area contributed by atoms with Gasteiger partial charge in [0.05, 0.1) is 33.4 Å². The predicted molar refractivity (Wildman–Crippen MR) is 89.5 cm³/mol. The molecule has 0 spiro atoms. The van der Waals surface area contributed by atoms with Gasteiger partial charge in [-0.25, -0.2) is 0 Å². The minimum atomic E-state index is -0.248. The van der Waals surface area contributed by atoms with Crippen molar-refractivity contribution in [1.29, 1.82) is 0 Å². The molecule has 0 saturated heterocycles. The van der Waals surface area contributed by atoms with Crippen LogP contribution in [-0.4, -0.2) is 16.6 Å². The highest BCUT2D eigenvalue weighted by Gasteiger charge is 2.12. The second-order valence-corrected chi connectivity index (χ2v) is 6.26. The zero-order chi connectivity index (χ0) is 15.4. The lowest BCUT2D eigenvalue weighted by Crippen LogP contribution is -2.14. The quantitative estimate of drug-likeness (QED) is 0.793. The minimum absolute atomic E-state index is 0.170. The first kappa shape index (κ1) is 16.2. The van der Waals surface area contributed by atoms with E-state index in [2.05, 4.69) is 10.3 Å².